The summed E-state index contributed by atoms with van der Waals surface area (Å²) in [6.07, 6.45) is 4.38. The third kappa shape index (κ3) is 5.55. The van der Waals surface area contributed by atoms with Crippen LogP contribution in [-0.2, 0) is 18.8 Å². The van der Waals surface area contributed by atoms with Gasteiger partial charge in [0.1, 0.15) is 22.6 Å². The van der Waals surface area contributed by atoms with E-state index >= 15 is 4.39 Å². The number of benzene rings is 1. The molecule has 0 bridgehead atoms. The van der Waals surface area contributed by atoms with E-state index in [4.69, 9.17) is 18.8 Å². The number of ether oxygens (including phenoxy) is 2. The number of nitrogens with zero attached hydrogens (tertiary/aromatic N) is 3. The van der Waals surface area contributed by atoms with Crippen LogP contribution in [0.2, 0.25) is 0 Å². The molecule has 0 radical (unpaired) electrons. The number of anilines is 1. The quantitative estimate of drug-likeness (QED) is 0.313. The van der Waals surface area contributed by atoms with E-state index in [-0.39, 0.29) is 22.5 Å². The largest absolute Gasteiger partial charge is 0.496 e. The number of hydrogen-bond donors (Lipinski definition) is 1. The third-order valence-corrected chi connectivity index (χ3v) is 8.11. The molecule has 2 fully saturated rings. The van der Waals surface area contributed by atoms with Gasteiger partial charge >= 0.3 is 13.2 Å². The maximum atomic E-state index is 15.2. The Morgan fingerprint density at radius 2 is 1.81 bits per heavy atom. The lowest BCUT2D eigenvalue weighted by Crippen LogP contribution is -2.41. The molecule has 4 heterocycles. The van der Waals surface area contributed by atoms with E-state index in [9.17, 15) is 9.59 Å². The van der Waals surface area contributed by atoms with Crippen molar-refractivity contribution in [2.24, 2.45) is 0 Å². The molecule has 2 aliphatic heterocycles. The van der Waals surface area contributed by atoms with Crippen LogP contribution in [0.5, 0.6) is 0 Å². The van der Waals surface area contributed by atoms with Crippen molar-refractivity contribution in [3.8, 4) is 0 Å². The average molecular weight is 580 g/mol. The molecule has 1 aromatic carbocycles. The lowest BCUT2D eigenvalue weighted by atomic mass is 9.76. The number of amides is 1. The van der Waals surface area contributed by atoms with Crippen molar-refractivity contribution in [2.75, 3.05) is 11.9 Å². The highest BCUT2D eigenvalue weighted by atomic mass is 19.1. The van der Waals surface area contributed by atoms with Gasteiger partial charge in [-0.05, 0) is 92.3 Å². The number of carbonyl (C=O) groups excluding carboxylic acids is 2. The van der Waals surface area contributed by atoms with E-state index in [0.717, 1.165) is 12.8 Å². The summed E-state index contributed by atoms with van der Waals surface area (Å²) in [6.45, 7) is 15.3. The van der Waals surface area contributed by atoms with Crippen molar-refractivity contribution in [3.63, 3.8) is 0 Å². The lowest BCUT2D eigenvalue weighted by Gasteiger charge is -2.32. The molecule has 1 amide bonds. The van der Waals surface area contributed by atoms with Crippen molar-refractivity contribution >= 4 is 41.0 Å². The van der Waals surface area contributed by atoms with Gasteiger partial charge in [0.15, 0.2) is 6.23 Å². The lowest BCUT2D eigenvalue weighted by molar-refractivity contribution is -0.0369. The molecule has 1 N–H and O–H groups in total. The predicted octanol–water partition coefficient (Wildman–Crippen LogP) is 5.46. The van der Waals surface area contributed by atoms with Gasteiger partial charge in [0, 0.05) is 29.2 Å². The van der Waals surface area contributed by atoms with Crippen molar-refractivity contribution in [1.82, 2.24) is 14.8 Å². The summed E-state index contributed by atoms with van der Waals surface area (Å²) < 4.78 is 40.5. The molecular weight excluding hydrogens is 542 g/mol. The van der Waals surface area contributed by atoms with Crippen LogP contribution in [0.4, 0.5) is 14.9 Å². The van der Waals surface area contributed by atoms with Crippen LogP contribution >= 0.6 is 0 Å². The van der Waals surface area contributed by atoms with E-state index in [1.165, 1.54) is 29.2 Å². The number of halogens is 1. The Labute approximate surface area is 245 Å². The summed E-state index contributed by atoms with van der Waals surface area (Å²) >= 11 is 0. The van der Waals surface area contributed by atoms with Gasteiger partial charge in [0.05, 0.1) is 23.1 Å². The van der Waals surface area contributed by atoms with Crippen LogP contribution in [0.25, 0.3) is 10.9 Å². The molecule has 2 aromatic heterocycles. The van der Waals surface area contributed by atoms with Crippen LogP contribution in [-0.4, -0.2) is 57.2 Å². The molecular formula is C30H38BFN4O6. The fraction of sp³-hybridized carbons (Fsp3) is 0.533. The molecule has 224 valence electrons. The molecule has 42 heavy (non-hydrogen) atoms. The Kier molecular flexibility index (Phi) is 7.70. The number of hydrogen-bond acceptors (Lipinski definition) is 8. The molecule has 3 aromatic rings. The monoisotopic (exact) mass is 580 g/mol. The summed E-state index contributed by atoms with van der Waals surface area (Å²) in [4.78, 5) is 31.6. The zero-order valence-electron chi connectivity index (χ0n) is 25.5. The van der Waals surface area contributed by atoms with Crippen molar-refractivity contribution in [3.05, 3.63) is 47.2 Å². The molecule has 10 nitrogen and oxygen atoms in total. The predicted molar refractivity (Wildman–Crippen MR) is 157 cm³/mol. The van der Waals surface area contributed by atoms with Crippen molar-refractivity contribution < 1.29 is 32.8 Å². The highest BCUT2D eigenvalue weighted by Gasteiger charge is 2.52. The van der Waals surface area contributed by atoms with E-state index in [1.807, 2.05) is 27.7 Å². The summed E-state index contributed by atoms with van der Waals surface area (Å²) in [5, 5.41) is 7.46. The minimum atomic E-state index is -0.780. The van der Waals surface area contributed by atoms with Gasteiger partial charge in [0.25, 0.3) is 0 Å². The molecule has 0 aliphatic carbocycles. The highest BCUT2D eigenvalue weighted by molar-refractivity contribution is 6.62. The summed E-state index contributed by atoms with van der Waals surface area (Å²) in [7, 11) is -0.780. The molecule has 0 spiro atoms. The fourth-order valence-electron chi connectivity index (χ4n) is 5.14. The minimum Gasteiger partial charge on any atom is -0.444 e. The molecule has 1 atom stereocenters. The highest BCUT2D eigenvalue weighted by Crippen LogP contribution is 2.37. The van der Waals surface area contributed by atoms with Gasteiger partial charge in [-0.1, -0.05) is 0 Å². The Bertz CT molecular complexity index is 1520. The van der Waals surface area contributed by atoms with Gasteiger partial charge in [-0.25, -0.2) is 13.9 Å². The van der Waals surface area contributed by atoms with Crippen LogP contribution in [0.1, 0.15) is 95.6 Å². The molecule has 0 saturated carbocycles. The number of nitrogens with one attached hydrogen (secondary N) is 1. The van der Waals surface area contributed by atoms with Crippen LogP contribution in [0, 0.1) is 12.7 Å². The van der Waals surface area contributed by atoms with Crippen molar-refractivity contribution in [1.29, 1.82) is 0 Å². The fourth-order valence-corrected chi connectivity index (χ4v) is 5.14. The number of aromatic nitrogens is 3. The second-order valence-corrected chi connectivity index (χ2v) is 12.9. The van der Waals surface area contributed by atoms with E-state index in [2.05, 4.69) is 15.4 Å². The first kappa shape index (κ1) is 30.1. The maximum absolute atomic E-state index is 15.2. The van der Waals surface area contributed by atoms with Crippen LogP contribution < -0.4 is 10.8 Å². The summed E-state index contributed by atoms with van der Waals surface area (Å²) in [5.41, 5.74) is -0.424. The first-order chi connectivity index (χ1) is 19.6. The Morgan fingerprint density at radius 3 is 2.43 bits per heavy atom. The zero-order valence-corrected chi connectivity index (χ0v) is 25.5. The zero-order chi connectivity index (χ0) is 30.6. The second kappa shape index (κ2) is 10.7. The van der Waals surface area contributed by atoms with Gasteiger partial charge < -0.3 is 18.8 Å². The number of pyridine rings is 1. The molecule has 12 heteroatoms. The van der Waals surface area contributed by atoms with E-state index in [0.29, 0.717) is 29.4 Å². The first-order valence-corrected chi connectivity index (χ1v) is 14.3. The third-order valence-electron chi connectivity index (χ3n) is 8.11. The average Bonchev–Trinajstić information content (AvgIpc) is 3.43. The summed E-state index contributed by atoms with van der Waals surface area (Å²) in [5.74, 6) is -1.03. The number of fused-ring (bicyclic) bond motifs is 1. The molecule has 2 aliphatic rings. The Morgan fingerprint density at radius 1 is 1.12 bits per heavy atom. The maximum Gasteiger partial charge on any atom is 0.496 e. The summed E-state index contributed by atoms with van der Waals surface area (Å²) in [6, 6.07) is 2.65. The van der Waals surface area contributed by atoms with Gasteiger partial charge in [-0.2, -0.15) is 5.10 Å². The SMILES string of the molecule is Cc1c(B2OC(C)(C)C(C)(C)O2)cnc(C(=O)c2ccc(F)c3c2cnn3C2CCCCO2)c1NC(=O)OC(C)(C)C. The standard InChI is InChI=1S/C30H38BFN4O6/c1-17-20(31-41-29(5,6)30(7,8)42-31)16-33-24(23(17)35-27(38)40-28(2,3)4)26(37)18-12-13-21(32)25-19(18)15-34-36(25)22-11-9-10-14-39-22/h12-13,15-16,22H,9-11,14H2,1-8H3,(H,35,38). The van der Waals surface area contributed by atoms with E-state index < -0.39 is 47.8 Å². The first-order valence-electron chi connectivity index (χ1n) is 14.3. The second-order valence-electron chi connectivity index (χ2n) is 12.9. The van der Waals surface area contributed by atoms with E-state index in [1.54, 1.807) is 27.7 Å². The Hall–Kier alpha value is -3.35. The van der Waals surface area contributed by atoms with Crippen molar-refractivity contribution in [2.45, 2.75) is 97.7 Å². The van der Waals surface area contributed by atoms with Crippen LogP contribution in [0.3, 0.4) is 0 Å². The van der Waals surface area contributed by atoms with Gasteiger partial charge in [0.2, 0.25) is 5.78 Å². The number of carbonyl (C=O) groups is 2. The topological polar surface area (TPSA) is 114 Å². The molecule has 2 saturated heterocycles. The van der Waals surface area contributed by atoms with Crippen LogP contribution in [0.15, 0.2) is 24.5 Å². The minimum absolute atomic E-state index is 0.0341. The molecule has 5 rings (SSSR count). The molecule has 1 unspecified atom stereocenters. The van der Waals surface area contributed by atoms with Gasteiger partial charge in [-0.3, -0.25) is 15.1 Å². The normalized spacial score (nSPS) is 20.1. The smallest absolute Gasteiger partial charge is 0.444 e. The number of ketones is 1. The number of rotatable bonds is 5. The van der Waals surface area contributed by atoms with Gasteiger partial charge in [-0.15, -0.1) is 0 Å². The Balaban J connectivity index is 1.59.